The number of amides is 1. The summed E-state index contributed by atoms with van der Waals surface area (Å²) in [7, 11) is 1.56. The molecule has 1 N–H and O–H groups in total. The lowest BCUT2D eigenvalue weighted by molar-refractivity contribution is -0.116. The molecule has 0 saturated carbocycles. The fourth-order valence-corrected chi connectivity index (χ4v) is 3.29. The molecule has 0 spiro atoms. The van der Waals surface area contributed by atoms with Crippen LogP contribution in [0.4, 0.5) is 5.69 Å². The van der Waals surface area contributed by atoms with Gasteiger partial charge in [-0.15, -0.1) is 11.3 Å². The van der Waals surface area contributed by atoms with E-state index in [0.717, 1.165) is 24.1 Å². The topological polar surface area (TPSA) is 55.4 Å². The lowest BCUT2D eigenvalue weighted by atomic mass is 10.0. The molecule has 1 aromatic carbocycles. The van der Waals surface area contributed by atoms with Crippen molar-refractivity contribution in [3.8, 4) is 5.75 Å². The van der Waals surface area contributed by atoms with Gasteiger partial charge in [-0.25, -0.2) is 0 Å². The highest BCUT2D eigenvalue weighted by Gasteiger charge is 2.19. The molecule has 2 heterocycles. The van der Waals surface area contributed by atoms with Crippen molar-refractivity contribution in [1.82, 2.24) is 0 Å². The van der Waals surface area contributed by atoms with E-state index in [1.165, 1.54) is 11.3 Å². The van der Waals surface area contributed by atoms with E-state index < -0.39 is 0 Å². The molecule has 3 rings (SSSR count). The van der Waals surface area contributed by atoms with E-state index in [2.05, 4.69) is 5.32 Å². The monoisotopic (exact) mass is 301 g/mol. The van der Waals surface area contributed by atoms with Gasteiger partial charge in [0.2, 0.25) is 11.7 Å². The molecule has 2 aromatic rings. The third-order valence-electron chi connectivity index (χ3n) is 3.55. The van der Waals surface area contributed by atoms with Crippen LogP contribution in [0.25, 0.3) is 0 Å². The second kappa shape index (κ2) is 5.69. The Balaban J connectivity index is 1.95. The number of thiophene rings is 1. The van der Waals surface area contributed by atoms with E-state index in [1.807, 2.05) is 17.5 Å². The van der Waals surface area contributed by atoms with Crippen LogP contribution in [-0.4, -0.2) is 18.8 Å². The first-order valence-corrected chi connectivity index (χ1v) is 7.66. The van der Waals surface area contributed by atoms with Crippen molar-refractivity contribution in [2.24, 2.45) is 0 Å². The number of hydrogen-bond acceptors (Lipinski definition) is 4. The van der Waals surface area contributed by atoms with Crippen LogP contribution < -0.4 is 10.1 Å². The van der Waals surface area contributed by atoms with Crippen molar-refractivity contribution in [2.75, 3.05) is 12.4 Å². The molecule has 5 heteroatoms. The number of methoxy groups -OCH3 is 1. The highest BCUT2D eigenvalue weighted by molar-refractivity contribution is 7.12. The van der Waals surface area contributed by atoms with Gasteiger partial charge in [0.05, 0.1) is 7.11 Å². The number of aryl methyl sites for hydroxylation is 1. The first-order chi connectivity index (χ1) is 10.2. The number of fused-ring (bicyclic) bond motifs is 1. The summed E-state index contributed by atoms with van der Waals surface area (Å²) in [6.45, 7) is 0. The summed E-state index contributed by atoms with van der Waals surface area (Å²) in [5, 5.41) is 4.72. The Hall–Kier alpha value is -2.14. The molecule has 0 saturated heterocycles. The van der Waals surface area contributed by atoms with Gasteiger partial charge in [0.1, 0.15) is 10.6 Å². The Bertz CT molecular complexity index is 705. The van der Waals surface area contributed by atoms with Gasteiger partial charge in [-0.1, -0.05) is 0 Å². The van der Waals surface area contributed by atoms with Crippen LogP contribution in [0.15, 0.2) is 29.6 Å². The summed E-state index contributed by atoms with van der Waals surface area (Å²) in [5.74, 6) is 0.598. The van der Waals surface area contributed by atoms with Crippen molar-refractivity contribution < 1.29 is 14.3 Å². The Morgan fingerprint density at radius 2 is 2.14 bits per heavy atom. The van der Waals surface area contributed by atoms with Crippen molar-refractivity contribution in [2.45, 2.75) is 19.3 Å². The van der Waals surface area contributed by atoms with Crippen LogP contribution in [0.3, 0.4) is 0 Å². The van der Waals surface area contributed by atoms with E-state index in [-0.39, 0.29) is 11.7 Å². The summed E-state index contributed by atoms with van der Waals surface area (Å²) in [6, 6.07) is 7.24. The van der Waals surface area contributed by atoms with E-state index in [9.17, 15) is 9.59 Å². The Labute approximate surface area is 126 Å². The van der Waals surface area contributed by atoms with E-state index in [4.69, 9.17) is 4.74 Å². The number of nitrogens with one attached hydrogen (secondary N) is 1. The van der Waals surface area contributed by atoms with E-state index in [1.54, 1.807) is 19.2 Å². The fourth-order valence-electron chi connectivity index (χ4n) is 2.47. The predicted molar refractivity (Wildman–Crippen MR) is 82.3 cm³/mol. The van der Waals surface area contributed by atoms with Gasteiger partial charge in [-0.05, 0) is 48.1 Å². The van der Waals surface area contributed by atoms with Crippen LogP contribution in [0.1, 0.15) is 33.6 Å². The number of carbonyl (C=O) groups excluding carboxylic acids is 2. The summed E-state index contributed by atoms with van der Waals surface area (Å²) < 4.78 is 5.21. The maximum Gasteiger partial charge on any atom is 0.224 e. The zero-order chi connectivity index (χ0) is 14.8. The highest BCUT2D eigenvalue weighted by Crippen LogP contribution is 2.29. The van der Waals surface area contributed by atoms with Gasteiger partial charge in [0.15, 0.2) is 0 Å². The molecule has 0 aliphatic carbocycles. The van der Waals surface area contributed by atoms with Gasteiger partial charge in [0, 0.05) is 17.7 Å². The van der Waals surface area contributed by atoms with Crippen molar-refractivity contribution in [1.29, 1.82) is 0 Å². The number of carbonyl (C=O) groups is 2. The van der Waals surface area contributed by atoms with Gasteiger partial charge in [-0.2, -0.15) is 0 Å². The number of rotatable bonds is 3. The number of benzene rings is 1. The van der Waals surface area contributed by atoms with E-state index in [0.29, 0.717) is 22.6 Å². The minimum absolute atomic E-state index is 0.0350. The highest BCUT2D eigenvalue weighted by atomic mass is 32.1. The summed E-state index contributed by atoms with van der Waals surface area (Å²) in [5.41, 5.74) is 2.46. The first-order valence-electron chi connectivity index (χ1n) is 6.78. The second-order valence-corrected chi connectivity index (χ2v) is 5.84. The molecule has 0 unspecified atom stereocenters. The van der Waals surface area contributed by atoms with Gasteiger partial charge >= 0.3 is 0 Å². The zero-order valence-electron chi connectivity index (χ0n) is 11.6. The molecule has 1 aliphatic rings. The third-order valence-corrected chi connectivity index (χ3v) is 4.44. The molecule has 1 aromatic heterocycles. The lowest BCUT2D eigenvalue weighted by Crippen LogP contribution is -2.09. The van der Waals surface area contributed by atoms with Gasteiger partial charge in [0.25, 0.3) is 0 Å². The normalized spacial score (nSPS) is 14.0. The summed E-state index contributed by atoms with van der Waals surface area (Å²) >= 11 is 1.37. The zero-order valence-corrected chi connectivity index (χ0v) is 12.5. The standard InChI is InChI=1S/C16H15NO3S/c1-20-13-7-8-21-16(13)15(19)11-5-6-12-10(9-11)3-2-4-14(18)17-12/h5-9H,2-4H2,1H3,(H,17,18). The molecule has 0 bridgehead atoms. The lowest BCUT2D eigenvalue weighted by Gasteiger charge is -2.09. The minimum atomic E-state index is -0.0415. The molecular formula is C16H15NO3S. The van der Waals surface area contributed by atoms with Crippen LogP contribution >= 0.6 is 11.3 Å². The van der Waals surface area contributed by atoms with E-state index >= 15 is 0 Å². The van der Waals surface area contributed by atoms with Crippen molar-refractivity contribution >= 4 is 28.7 Å². The Kier molecular flexibility index (Phi) is 3.75. The molecule has 0 atom stereocenters. The number of ether oxygens (including phenoxy) is 1. The van der Waals surface area contributed by atoms with Crippen molar-refractivity contribution in [3.63, 3.8) is 0 Å². The number of hydrogen-bond donors (Lipinski definition) is 1. The molecule has 21 heavy (non-hydrogen) atoms. The average molecular weight is 301 g/mol. The fraction of sp³-hybridized carbons (Fsp3) is 0.250. The molecule has 108 valence electrons. The Morgan fingerprint density at radius 1 is 1.29 bits per heavy atom. The second-order valence-electron chi connectivity index (χ2n) is 4.92. The minimum Gasteiger partial charge on any atom is -0.495 e. The number of ketones is 1. The smallest absolute Gasteiger partial charge is 0.224 e. The number of anilines is 1. The predicted octanol–water partition coefficient (Wildman–Crippen LogP) is 3.26. The van der Waals surface area contributed by atoms with Gasteiger partial charge < -0.3 is 10.1 Å². The molecule has 1 aliphatic heterocycles. The van der Waals surface area contributed by atoms with Crippen LogP contribution in [0.5, 0.6) is 5.75 Å². The molecule has 4 nitrogen and oxygen atoms in total. The van der Waals surface area contributed by atoms with Crippen LogP contribution in [0, 0.1) is 0 Å². The molecule has 1 amide bonds. The largest absolute Gasteiger partial charge is 0.495 e. The maximum atomic E-state index is 12.6. The van der Waals surface area contributed by atoms with Crippen molar-refractivity contribution in [3.05, 3.63) is 45.6 Å². The molecule has 0 radical (unpaired) electrons. The summed E-state index contributed by atoms with van der Waals surface area (Å²) in [4.78, 5) is 24.7. The summed E-state index contributed by atoms with van der Waals surface area (Å²) in [6.07, 6.45) is 2.13. The molecule has 0 fully saturated rings. The van der Waals surface area contributed by atoms with Gasteiger partial charge in [-0.3, -0.25) is 9.59 Å². The maximum absolute atomic E-state index is 12.6. The third kappa shape index (κ3) is 2.69. The van der Waals surface area contributed by atoms with Crippen LogP contribution in [0.2, 0.25) is 0 Å². The molecular weight excluding hydrogens is 286 g/mol. The quantitative estimate of drug-likeness (QED) is 0.885. The Morgan fingerprint density at radius 3 is 2.95 bits per heavy atom. The average Bonchev–Trinajstić information content (AvgIpc) is 2.88. The van der Waals surface area contributed by atoms with Crippen LogP contribution in [-0.2, 0) is 11.2 Å². The first kappa shape index (κ1) is 13.8. The SMILES string of the molecule is COc1ccsc1C(=O)c1ccc2c(c1)CCCC(=O)N2.